The molecule has 0 atom stereocenters. The lowest BCUT2D eigenvalue weighted by Crippen LogP contribution is -1.92. The van der Waals surface area contributed by atoms with Crippen molar-refractivity contribution in [2.24, 2.45) is 5.10 Å². The number of pyridine rings is 1. The van der Waals surface area contributed by atoms with Crippen molar-refractivity contribution in [3.63, 3.8) is 0 Å². The molecule has 0 aliphatic heterocycles. The largest absolute Gasteiger partial charge is 0.278 e. The molecule has 0 aliphatic carbocycles. The van der Waals surface area contributed by atoms with Crippen LogP contribution in [0.15, 0.2) is 47.7 Å². The van der Waals surface area contributed by atoms with Gasteiger partial charge in [-0.15, -0.1) is 0 Å². The van der Waals surface area contributed by atoms with Gasteiger partial charge in [0.05, 0.1) is 17.6 Å². The van der Waals surface area contributed by atoms with Gasteiger partial charge in [-0.1, -0.05) is 29.3 Å². The van der Waals surface area contributed by atoms with Gasteiger partial charge in [0.15, 0.2) is 0 Å². The van der Waals surface area contributed by atoms with Gasteiger partial charge in [-0.05, 0) is 30.3 Å². The molecule has 86 valence electrons. The highest BCUT2D eigenvalue weighted by molar-refractivity contribution is 6.35. The van der Waals surface area contributed by atoms with Crippen molar-refractivity contribution in [2.75, 3.05) is 5.43 Å². The SMILES string of the molecule is Clc1cc(Cl)cc(NN=Cc2ccccn2)c1. The molecule has 0 fully saturated rings. The van der Waals surface area contributed by atoms with Crippen LogP contribution in [0.25, 0.3) is 0 Å². The minimum Gasteiger partial charge on any atom is -0.278 e. The summed E-state index contributed by atoms with van der Waals surface area (Å²) >= 11 is 11.7. The zero-order chi connectivity index (χ0) is 12.1. The van der Waals surface area contributed by atoms with E-state index >= 15 is 0 Å². The van der Waals surface area contributed by atoms with E-state index in [1.54, 1.807) is 30.6 Å². The zero-order valence-corrected chi connectivity index (χ0v) is 10.3. The summed E-state index contributed by atoms with van der Waals surface area (Å²) < 4.78 is 0. The van der Waals surface area contributed by atoms with Gasteiger partial charge in [-0.3, -0.25) is 10.4 Å². The van der Waals surface area contributed by atoms with Gasteiger partial charge in [-0.2, -0.15) is 5.10 Å². The lowest BCUT2D eigenvalue weighted by molar-refractivity contribution is 1.28. The van der Waals surface area contributed by atoms with E-state index in [4.69, 9.17) is 23.2 Å². The van der Waals surface area contributed by atoms with Crippen LogP contribution >= 0.6 is 23.2 Å². The van der Waals surface area contributed by atoms with Crippen LogP contribution in [0.4, 0.5) is 5.69 Å². The lowest BCUT2D eigenvalue weighted by Gasteiger charge is -2.01. The molecule has 1 N–H and O–H groups in total. The molecule has 0 saturated heterocycles. The second-order valence-corrected chi connectivity index (χ2v) is 4.16. The van der Waals surface area contributed by atoms with E-state index in [0.717, 1.165) is 11.4 Å². The maximum Gasteiger partial charge on any atom is 0.0830 e. The number of nitrogens with one attached hydrogen (secondary N) is 1. The number of hydrogen-bond acceptors (Lipinski definition) is 3. The van der Waals surface area contributed by atoms with E-state index in [1.807, 2.05) is 18.2 Å². The van der Waals surface area contributed by atoms with Crippen molar-refractivity contribution in [3.05, 3.63) is 58.3 Å². The van der Waals surface area contributed by atoms with Crippen LogP contribution in [0.3, 0.4) is 0 Å². The van der Waals surface area contributed by atoms with E-state index in [-0.39, 0.29) is 0 Å². The first-order valence-electron chi connectivity index (χ1n) is 4.90. The summed E-state index contributed by atoms with van der Waals surface area (Å²) in [6.07, 6.45) is 3.33. The lowest BCUT2D eigenvalue weighted by atomic mass is 10.3. The van der Waals surface area contributed by atoms with E-state index in [9.17, 15) is 0 Å². The van der Waals surface area contributed by atoms with Crippen molar-refractivity contribution < 1.29 is 0 Å². The number of benzene rings is 1. The zero-order valence-electron chi connectivity index (χ0n) is 8.77. The highest BCUT2D eigenvalue weighted by Crippen LogP contribution is 2.22. The molecule has 3 nitrogen and oxygen atoms in total. The predicted molar refractivity (Wildman–Crippen MR) is 71.9 cm³/mol. The Balaban J connectivity index is 2.05. The molecule has 2 aromatic rings. The molecule has 0 amide bonds. The second-order valence-electron chi connectivity index (χ2n) is 3.28. The summed E-state index contributed by atoms with van der Waals surface area (Å²) in [5, 5.41) is 5.17. The smallest absolute Gasteiger partial charge is 0.0830 e. The van der Waals surface area contributed by atoms with Gasteiger partial charge in [-0.25, -0.2) is 0 Å². The Kier molecular flexibility index (Phi) is 3.96. The first-order valence-corrected chi connectivity index (χ1v) is 5.66. The standard InChI is InChI=1S/C12H9Cl2N3/c13-9-5-10(14)7-12(6-9)17-16-8-11-3-1-2-4-15-11/h1-8,17H. The summed E-state index contributed by atoms with van der Waals surface area (Å²) in [5.74, 6) is 0. The van der Waals surface area contributed by atoms with Crippen LogP contribution in [0, 0.1) is 0 Å². The fraction of sp³-hybridized carbons (Fsp3) is 0. The Morgan fingerprint density at radius 1 is 1.12 bits per heavy atom. The van der Waals surface area contributed by atoms with E-state index < -0.39 is 0 Å². The summed E-state index contributed by atoms with van der Waals surface area (Å²) in [4.78, 5) is 4.10. The van der Waals surface area contributed by atoms with E-state index in [2.05, 4.69) is 15.5 Å². The highest BCUT2D eigenvalue weighted by Gasteiger charge is 1.96. The van der Waals surface area contributed by atoms with Gasteiger partial charge in [0.2, 0.25) is 0 Å². The number of aromatic nitrogens is 1. The number of halogens is 2. The Hall–Kier alpha value is -1.58. The number of anilines is 1. The summed E-state index contributed by atoms with van der Waals surface area (Å²) in [7, 11) is 0. The van der Waals surface area contributed by atoms with E-state index in [1.165, 1.54) is 0 Å². The molecule has 0 spiro atoms. The monoisotopic (exact) mass is 265 g/mol. The molecule has 1 heterocycles. The summed E-state index contributed by atoms with van der Waals surface area (Å²) in [5.41, 5.74) is 4.34. The van der Waals surface area contributed by atoms with Gasteiger partial charge in [0.25, 0.3) is 0 Å². The van der Waals surface area contributed by atoms with Crippen molar-refractivity contribution in [2.45, 2.75) is 0 Å². The molecular formula is C12H9Cl2N3. The van der Waals surface area contributed by atoms with Crippen molar-refractivity contribution in [3.8, 4) is 0 Å². The maximum atomic E-state index is 5.86. The molecule has 0 aliphatic rings. The molecule has 17 heavy (non-hydrogen) atoms. The van der Waals surface area contributed by atoms with Crippen LogP contribution in [0.1, 0.15) is 5.69 Å². The Labute approximate surface area is 109 Å². The van der Waals surface area contributed by atoms with Gasteiger partial charge in [0, 0.05) is 16.2 Å². The third kappa shape index (κ3) is 3.73. The molecule has 0 radical (unpaired) electrons. The average Bonchev–Trinajstić information content (AvgIpc) is 2.29. The number of hydrazone groups is 1. The predicted octanol–water partition coefficient (Wildman–Crippen LogP) is 3.83. The second kappa shape index (κ2) is 5.66. The van der Waals surface area contributed by atoms with Gasteiger partial charge < -0.3 is 0 Å². The van der Waals surface area contributed by atoms with Crippen LogP contribution in [-0.2, 0) is 0 Å². The molecule has 1 aromatic carbocycles. The highest BCUT2D eigenvalue weighted by atomic mass is 35.5. The van der Waals surface area contributed by atoms with Crippen LogP contribution in [0.2, 0.25) is 10.0 Å². The molecule has 0 bridgehead atoms. The Bertz CT molecular complexity index is 506. The Morgan fingerprint density at radius 2 is 1.88 bits per heavy atom. The maximum absolute atomic E-state index is 5.86. The molecule has 0 unspecified atom stereocenters. The normalized spacial score (nSPS) is 10.7. The molecular weight excluding hydrogens is 257 g/mol. The molecule has 1 aromatic heterocycles. The third-order valence-electron chi connectivity index (χ3n) is 1.94. The minimum atomic E-state index is 0.563. The molecule has 0 saturated carbocycles. The topological polar surface area (TPSA) is 37.3 Å². The summed E-state index contributed by atoms with van der Waals surface area (Å²) in [6.45, 7) is 0. The number of hydrogen-bond donors (Lipinski definition) is 1. The summed E-state index contributed by atoms with van der Waals surface area (Å²) in [6, 6.07) is 10.7. The number of rotatable bonds is 3. The van der Waals surface area contributed by atoms with Crippen molar-refractivity contribution in [1.29, 1.82) is 0 Å². The molecule has 2 rings (SSSR count). The molecule has 5 heteroatoms. The Morgan fingerprint density at radius 3 is 2.53 bits per heavy atom. The van der Waals surface area contributed by atoms with E-state index in [0.29, 0.717) is 10.0 Å². The quantitative estimate of drug-likeness (QED) is 0.677. The fourth-order valence-corrected chi connectivity index (χ4v) is 1.77. The van der Waals surface area contributed by atoms with Crippen LogP contribution in [0.5, 0.6) is 0 Å². The van der Waals surface area contributed by atoms with Crippen LogP contribution in [-0.4, -0.2) is 11.2 Å². The number of nitrogens with zero attached hydrogens (tertiary/aromatic N) is 2. The van der Waals surface area contributed by atoms with Crippen molar-refractivity contribution in [1.82, 2.24) is 4.98 Å². The van der Waals surface area contributed by atoms with Crippen molar-refractivity contribution >= 4 is 35.1 Å². The minimum absolute atomic E-state index is 0.563. The van der Waals surface area contributed by atoms with Crippen LogP contribution < -0.4 is 5.43 Å². The van der Waals surface area contributed by atoms with Gasteiger partial charge in [0.1, 0.15) is 0 Å². The average molecular weight is 266 g/mol. The first kappa shape index (κ1) is 11.9. The fourth-order valence-electron chi connectivity index (χ4n) is 1.24. The first-order chi connectivity index (χ1) is 8.24. The third-order valence-corrected chi connectivity index (χ3v) is 2.38. The van der Waals surface area contributed by atoms with Gasteiger partial charge >= 0.3 is 0 Å².